The van der Waals surface area contributed by atoms with E-state index in [-0.39, 0.29) is 6.04 Å². The van der Waals surface area contributed by atoms with Gasteiger partial charge in [0.2, 0.25) is 0 Å². The molecule has 0 amide bonds. The van der Waals surface area contributed by atoms with E-state index >= 15 is 0 Å². The van der Waals surface area contributed by atoms with Gasteiger partial charge in [0.15, 0.2) is 0 Å². The minimum Gasteiger partial charge on any atom is -0.492 e. The SMILES string of the molecule is COC(=O)c1cc(Cl)cc2c1OCC[C@H]2N. The van der Waals surface area contributed by atoms with Crippen molar-refractivity contribution < 1.29 is 14.3 Å². The van der Waals surface area contributed by atoms with Crippen molar-refractivity contribution in [2.45, 2.75) is 12.5 Å². The van der Waals surface area contributed by atoms with Gasteiger partial charge in [-0.25, -0.2) is 4.79 Å². The summed E-state index contributed by atoms with van der Waals surface area (Å²) in [6.07, 6.45) is 0.716. The predicted octanol–water partition coefficient (Wildman–Crippen LogP) is 1.91. The van der Waals surface area contributed by atoms with E-state index in [0.717, 1.165) is 5.56 Å². The Morgan fingerprint density at radius 3 is 3.06 bits per heavy atom. The molecule has 1 aromatic carbocycles. The van der Waals surface area contributed by atoms with Crippen molar-refractivity contribution in [3.8, 4) is 5.75 Å². The first kappa shape index (κ1) is 11.2. The second-order valence-corrected chi connectivity index (χ2v) is 4.04. The average Bonchev–Trinajstić information content (AvgIpc) is 2.28. The monoisotopic (exact) mass is 241 g/mol. The molecule has 1 heterocycles. The van der Waals surface area contributed by atoms with Gasteiger partial charge in [0.25, 0.3) is 0 Å². The van der Waals surface area contributed by atoms with Gasteiger partial charge in [0.1, 0.15) is 11.3 Å². The van der Waals surface area contributed by atoms with Crippen LogP contribution in [0.15, 0.2) is 12.1 Å². The molecular formula is C11H12ClNO3. The Morgan fingerprint density at radius 1 is 1.62 bits per heavy atom. The quantitative estimate of drug-likeness (QED) is 0.763. The van der Waals surface area contributed by atoms with Crippen LogP contribution in [0.5, 0.6) is 5.75 Å². The highest BCUT2D eigenvalue weighted by atomic mass is 35.5. The number of ether oxygens (including phenoxy) is 2. The summed E-state index contributed by atoms with van der Waals surface area (Å²) in [5.41, 5.74) is 7.03. The number of rotatable bonds is 1. The number of halogens is 1. The van der Waals surface area contributed by atoms with E-state index in [4.69, 9.17) is 22.1 Å². The Balaban J connectivity index is 2.57. The molecular weight excluding hydrogens is 230 g/mol. The van der Waals surface area contributed by atoms with Gasteiger partial charge in [-0.2, -0.15) is 0 Å². The van der Waals surface area contributed by atoms with Gasteiger partial charge in [-0.3, -0.25) is 0 Å². The van der Waals surface area contributed by atoms with E-state index in [9.17, 15) is 4.79 Å². The summed E-state index contributed by atoms with van der Waals surface area (Å²) in [6, 6.07) is 3.11. The fourth-order valence-electron chi connectivity index (χ4n) is 1.76. The maximum Gasteiger partial charge on any atom is 0.341 e. The molecule has 0 aromatic heterocycles. The Hall–Kier alpha value is -1.26. The molecule has 0 saturated carbocycles. The van der Waals surface area contributed by atoms with Gasteiger partial charge in [0, 0.05) is 23.0 Å². The normalized spacial score (nSPS) is 18.6. The predicted molar refractivity (Wildman–Crippen MR) is 59.8 cm³/mol. The van der Waals surface area contributed by atoms with E-state index in [1.807, 2.05) is 0 Å². The average molecular weight is 242 g/mol. The van der Waals surface area contributed by atoms with E-state index < -0.39 is 5.97 Å². The van der Waals surface area contributed by atoms with Crippen molar-refractivity contribution in [2.24, 2.45) is 5.73 Å². The lowest BCUT2D eigenvalue weighted by atomic mass is 9.98. The van der Waals surface area contributed by atoms with Gasteiger partial charge in [-0.15, -0.1) is 0 Å². The molecule has 16 heavy (non-hydrogen) atoms. The molecule has 5 heteroatoms. The summed E-state index contributed by atoms with van der Waals surface area (Å²) in [5, 5.41) is 0.458. The number of fused-ring (bicyclic) bond motifs is 1. The highest BCUT2D eigenvalue weighted by Crippen LogP contribution is 2.36. The van der Waals surface area contributed by atoms with Gasteiger partial charge in [0.05, 0.1) is 13.7 Å². The van der Waals surface area contributed by atoms with Gasteiger partial charge in [-0.1, -0.05) is 11.6 Å². The maximum atomic E-state index is 11.5. The zero-order valence-corrected chi connectivity index (χ0v) is 9.58. The summed E-state index contributed by atoms with van der Waals surface area (Å²) in [4.78, 5) is 11.5. The number of carbonyl (C=O) groups excluding carboxylic acids is 1. The number of nitrogens with two attached hydrogens (primary N) is 1. The molecule has 1 aromatic rings. The van der Waals surface area contributed by atoms with Crippen LogP contribution in [0.25, 0.3) is 0 Å². The van der Waals surface area contributed by atoms with E-state index in [0.29, 0.717) is 29.4 Å². The zero-order valence-electron chi connectivity index (χ0n) is 8.83. The molecule has 1 aliphatic heterocycles. The van der Waals surface area contributed by atoms with Crippen molar-refractivity contribution in [3.63, 3.8) is 0 Å². The standard InChI is InChI=1S/C11H12ClNO3/c1-15-11(14)8-5-6(12)4-7-9(13)2-3-16-10(7)8/h4-5,9H,2-3,13H2,1H3/t9-/m1/s1. The van der Waals surface area contributed by atoms with Crippen molar-refractivity contribution in [1.82, 2.24) is 0 Å². The first-order chi connectivity index (χ1) is 7.63. The molecule has 4 nitrogen and oxygen atoms in total. The van der Waals surface area contributed by atoms with Crippen LogP contribution in [0.1, 0.15) is 28.4 Å². The fourth-order valence-corrected chi connectivity index (χ4v) is 1.98. The zero-order chi connectivity index (χ0) is 11.7. The Morgan fingerprint density at radius 2 is 2.38 bits per heavy atom. The van der Waals surface area contributed by atoms with Gasteiger partial charge in [-0.05, 0) is 12.1 Å². The minimum absolute atomic E-state index is 0.147. The van der Waals surface area contributed by atoms with Crippen molar-refractivity contribution in [3.05, 3.63) is 28.3 Å². The Kier molecular flexibility index (Phi) is 3.03. The third kappa shape index (κ3) is 1.86. The summed E-state index contributed by atoms with van der Waals surface area (Å²) in [6.45, 7) is 0.500. The van der Waals surface area contributed by atoms with Gasteiger partial charge < -0.3 is 15.2 Å². The molecule has 0 saturated heterocycles. The van der Waals surface area contributed by atoms with Gasteiger partial charge >= 0.3 is 5.97 Å². The van der Waals surface area contributed by atoms with E-state index in [2.05, 4.69) is 4.74 Å². The third-order valence-electron chi connectivity index (χ3n) is 2.56. The lowest BCUT2D eigenvalue weighted by molar-refractivity contribution is 0.0594. The largest absolute Gasteiger partial charge is 0.492 e. The number of hydrogen-bond acceptors (Lipinski definition) is 4. The summed E-state index contributed by atoms with van der Waals surface area (Å²) < 4.78 is 10.1. The van der Waals surface area contributed by atoms with Crippen LogP contribution in [0.2, 0.25) is 5.02 Å². The van der Waals surface area contributed by atoms with Crippen LogP contribution in [0, 0.1) is 0 Å². The molecule has 0 radical (unpaired) electrons. The number of benzene rings is 1. The van der Waals surface area contributed by atoms with Crippen LogP contribution >= 0.6 is 11.6 Å². The molecule has 0 bridgehead atoms. The molecule has 2 rings (SSSR count). The van der Waals surface area contributed by atoms with Crippen molar-refractivity contribution >= 4 is 17.6 Å². The lowest BCUT2D eigenvalue weighted by Gasteiger charge is -2.24. The summed E-state index contributed by atoms with van der Waals surface area (Å²) in [7, 11) is 1.32. The number of esters is 1. The smallest absolute Gasteiger partial charge is 0.341 e. The molecule has 1 atom stereocenters. The first-order valence-electron chi connectivity index (χ1n) is 4.93. The third-order valence-corrected chi connectivity index (χ3v) is 2.78. The van der Waals surface area contributed by atoms with Crippen molar-refractivity contribution in [2.75, 3.05) is 13.7 Å². The molecule has 86 valence electrons. The molecule has 0 spiro atoms. The lowest BCUT2D eigenvalue weighted by Crippen LogP contribution is -2.22. The minimum atomic E-state index is -0.465. The Bertz CT molecular complexity index is 433. The van der Waals surface area contributed by atoms with Crippen LogP contribution < -0.4 is 10.5 Å². The van der Waals surface area contributed by atoms with E-state index in [1.165, 1.54) is 13.2 Å². The second-order valence-electron chi connectivity index (χ2n) is 3.61. The molecule has 2 N–H and O–H groups in total. The summed E-state index contributed by atoms with van der Waals surface area (Å²) in [5.74, 6) is 0.0304. The number of hydrogen-bond donors (Lipinski definition) is 1. The molecule has 0 fully saturated rings. The van der Waals surface area contributed by atoms with E-state index in [1.54, 1.807) is 6.07 Å². The second kappa shape index (κ2) is 4.31. The summed E-state index contributed by atoms with van der Waals surface area (Å²) >= 11 is 5.93. The van der Waals surface area contributed by atoms with Crippen LogP contribution in [0.4, 0.5) is 0 Å². The topological polar surface area (TPSA) is 61.5 Å². The molecule has 0 unspecified atom stereocenters. The van der Waals surface area contributed by atoms with Crippen LogP contribution in [0.3, 0.4) is 0 Å². The highest BCUT2D eigenvalue weighted by molar-refractivity contribution is 6.31. The van der Waals surface area contributed by atoms with Crippen molar-refractivity contribution in [1.29, 1.82) is 0 Å². The highest BCUT2D eigenvalue weighted by Gasteiger charge is 2.25. The molecule has 0 aliphatic carbocycles. The fraction of sp³-hybridized carbons (Fsp3) is 0.364. The maximum absolute atomic E-state index is 11.5. The molecule has 1 aliphatic rings. The number of carbonyl (C=O) groups is 1. The van der Waals surface area contributed by atoms with Crippen LogP contribution in [-0.2, 0) is 4.74 Å². The van der Waals surface area contributed by atoms with Crippen LogP contribution in [-0.4, -0.2) is 19.7 Å². The first-order valence-corrected chi connectivity index (χ1v) is 5.31. The Labute approximate surface area is 98.3 Å². The number of methoxy groups -OCH3 is 1.